The zero-order chi connectivity index (χ0) is 19.8. The molecule has 0 aliphatic rings. The molecule has 0 radical (unpaired) electrons. The molecule has 2 aromatic rings. The third-order valence-corrected chi connectivity index (χ3v) is 3.78. The number of hydrogen-bond acceptors (Lipinski definition) is 6. The van der Waals surface area contributed by atoms with Gasteiger partial charge in [0, 0.05) is 11.8 Å². The molecule has 8 nitrogen and oxygen atoms in total. The summed E-state index contributed by atoms with van der Waals surface area (Å²) in [4.78, 5) is 34.1. The number of rotatable bonds is 8. The van der Waals surface area contributed by atoms with Crippen molar-refractivity contribution in [1.29, 1.82) is 0 Å². The van der Waals surface area contributed by atoms with Crippen LogP contribution in [0.3, 0.4) is 0 Å². The number of nitrogens with one attached hydrogen (secondary N) is 1. The lowest BCUT2D eigenvalue weighted by molar-refractivity contribution is -0.385. The van der Waals surface area contributed by atoms with Gasteiger partial charge in [-0.15, -0.1) is 0 Å². The van der Waals surface area contributed by atoms with E-state index < -0.39 is 30.0 Å². The van der Waals surface area contributed by atoms with E-state index in [4.69, 9.17) is 9.47 Å². The number of aryl methyl sites for hydroxylation is 2. The normalized spacial score (nSPS) is 10.1. The zero-order valence-corrected chi connectivity index (χ0v) is 15.1. The first-order chi connectivity index (χ1) is 12.9. The van der Waals surface area contributed by atoms with Crippen molar-refractivity contribution in [2.24, 2.45) is 0 Å². The molecule has 2 aromatic carbocycles. The molecule has 1 amide bonds. The summed E-state index contributed by atoms with van der Waals surface area (Å²) in [5.41, 5.74) is 2.34. The lowest BCUT2D eigenvalue weighted by Gasteiger charge is -2.13. The molecule has 142 valence electrons. The fourth-order valence-electron chi connectivity index (χ4n) is 2.43. The van der Waals surface area contributed by atoms with Crippen LogP contribution in [0.25, 0.3) is 0 Å². The lowest BCUT2D eigenvalue weighted by Crippen LogP contribution is -2.24. The average Bonchev–Trinajstić information content (AvgIpc) is 2.66. The van der Waals surface area contributed by atoms with Crippen molar-refractivity contribution in [1.82, 2.24) is 0 Å². The summed E-state index contributed by atoms with van der Waals surface area (Å²) in [7, 11) is 0. The van der Waals surface area contributed by atoms with Crippen LogP contribution in [0.2, 0.25) is 0 Å². The monoisotopic (exact) mass is 372 g/mol. The van der Waals surface area contributed by atoms with E-state index in [0.717, 1.165) is 17.5 Å². The molecule has 0 saturated carbocycles. The number of hydrogen-bond donors (Lipinski definition) is 1. The quantitative estimate of drug-likeness (QED) is 0.433. The predicted molar refractivity (Wildman–Crippen MR) is 98.7 cm³/mol. The molecule has 0 spiro atoms. The summed E-state index contributed by atoms with van der Waals surface area (Å²) in [6.07, 6.45) is 0.751. The number of ether oxygens (including phenoxy) is 2. The highest BCUT2D eigenvalue weighted by Gasteiger charge is 2.16. The first-order valence-electron chi connectivity index (χ1n) is 8.32. The maximum Gasteiger partial charge on any atom is 0.344 e. The topological polar surface area (TPSA) is 108 Å². The summed E-state index contributed by atoms with van der Waals surface area (Å²) < 4.78 is 9.98. The van der Waals surface area contributed by atoms with E-state index in [1.165, 1.54) is 18.2 Å². The van der Waals surface area contributed by atoms with E-state index in [2.05, 4.69) is 5.32 Å². The smallest absolute Gasteiger partial charge is 0.344 e. The number of para-hydroxylation sites is 3. The van der Waals surface area contributed by atoms with Crippen LogP contribution in [0.4, 0.5) is 11.4 Å². The number of nitrogens with zero attached hydrogens (tertiary/aromatic N) is 1. The molecule has 0 atom stereocenters. The Kier molecular flexibility index (Phi) is 6.87. The second-order valence-electron chi connectivity index (χ2n) is 5.68. The summed E-state index contributed by atoms with van der Waals surface area (Å²) in [5, 5.41) is 13.6. The van der Waals surface area contributed by atoms with Crippen LogP contribution < -0.4 is 10.1 Å². The van der Waals surface area contributed by atoms with Crippen LogP contribution in [-0.2, 0) is 20.7 Å². The fourth-order valence-corrected chi connectivity index (χ4v) is 2.43. The van der Waals surface area contributed by atoms with Crippen LogP contribution in [0.1, 0.15) is 18.1 Å². The highest BCUT2D eigenvalue weighted by atomic mass is 16.6. The number of amides is 1. The minimum atomic E-state index is -0.802. The number of benzene rings is 2. The molecule has 8 heteroatoms. The Bertz CT molecular complexity index is 850. The predicted octanol–water partition coefficient (Wildman–Crippen LogP) is 3.03. The minimum absolute atomic E-state index is 0.0450. The number of nitro benzene ring substituents is 1. The number of nitro groups is 1. The number of carbonyl (C=O) groups is 2. The summed E-state index contributed by atoms with van der Waals surface area (Å²) in [5.74, 6) is -1.32. The molecular weight excluding hydrogens is 352 g/mol. The summed E-state index contributed by atoms with van der Waals surface area (Å²) in [6, 6.07) is 11.4. The van der Waals surface area contributed by atoms with Gasteiger partial charge in [0.25, 0.3) is 5.91 Å². The van der Waals surface area contributed by atoms with E-state index in [1.54, 1.807) is 6.07 Å². The third-order valence-electron chi connectivity index (χ3n) is 3.78. The fraction of sp³-hybridized carbons (Fsp3) is 0.263. The van der Waals surface area contributed by atoms with Gasteiger partial charge in [-0.2, -0.15) is 0 Å². The molecule has 0 saturated heterocycles. The van der Waals surface area contributed by atoms with Gasteiger partial charge in [-0.05, 0) is 30.5 Å². The molecule has 0 unspecified atom stereocenters. The Balaban J connectivity index is 1.86. The van der Waals surface area contributed by atoms with Crippen LogP contribution >= 0.6 is 0 Å². The van der Waals surface area contributed by atoms with Crippen molar-refractivity contribution in [2.45, 2.75) is 20.3 Å². The Morgan fingerprint density at radius 1 is 1.11 bits per heavy atom. The maximum absolute atomic E-state index is 12.0. The molecule has 2 rings (SSSR count). The Labute approximate surface area is 156 Å². The molecule has 0 aliphatic heterocycles. The van der Waals surface area contributed by atoms with Crippen molar-refractivity contribution in [3.05, 3.63) is 63.7 Å². The molecule has 0 aliphatic carbocycles. The highest BCUT2D eigenvalue weighted by molar-refractivity contribution is 5.94. The molecule has 1 N–H and O–H groups in total. The van der Waals surface area contributed by atoms with E-state index in [9.17, 15) is 19.7 Å². The number of esters is 1. The number of carbonyl (C=O) groups excluding carboxylic acids is 2. The largest absolute Gasteiger partial charge is 0.475 e. The second kappa shape index (κ2) is 9.33. The Hall–Kier alpha value is -3.42. The van der Waals surface area contributed by atoms with E-state index in [1.807, 2.05) is 32.0 Å². The summed E-state index contributed by atoms with van der Waals surface area (Å²) in [6.45, 7) is 2.84. The molecular formula is C19H20N2O6. The average molecular weight is 372 g/mol. The van der Waals surface area contributed by atoms with Gasteiger partial charge in [-0.3, -0.25) is 14.9 Å². The van der Waals surface area contributed by atoms with Crippen molar-refractivity contribution < 1.29 is 24.0 Å². The third kappa shape index (κ3) is 5.53. The van der Waals surface area contributed by atoms with Crippen molar-refractivity contribution >= 4 is 23.3 Å². The van der Waals surface area contributed by atoms with Crippen LogP contribution in [0, 0.1) is 17.0 Å². The van der Waals surface area contributed by atoms with E-state index >= 15 is 0 Å². The highest BCUT2D eigenvalue weighted by Crippen LogP contribution is 2.25. The second-order valence-corrected chi connectivity index (χ2v) is 5.68. The minimum Gasteiger partial charge on any atom is -0.475 e. The molecule has 0 fully saturated rings. The Morgan fingerprint density at radius 2 is 1.85 bits per heavy atom. The lowest BCUT2D eigenvalue weighted by atomic mass is 10.1. The molecule has 0 bridgehead atoms. The van der Waals surface area contributed by atoms with Crippen molar-refractivity contribution in [2.75, 3.05) is 18.5 Å². The molecule has 27 heavy (non-hydrogen) atoms. The summed E-state index contributed by atoms with van der Waals surface area (Å²) >= 11 is 0. The van der Waals surface area contributed by atoms with Gasteiger partial charge >= 0.3 is 11.7 Å². The van der Waals surface area contributed by atoms with Crippen LogP contribution in [-0.4, -0.2) is 30.0 Å². The van der Waals surface area contributed by atoms with Gasteiger partial charge in [-0.1, -0.05) is 37.3 Å². The van der Waals surface area contributed by atoms with Gasteiger partial charge in [0.05, 0.1) is 4.92 Å². The van der Waals surface area contributed by atoms with Gasteiger partial charge in [-0.25, -0.2) is 4.79 Å². The van der Waals surface area contributed by atoms with Crippen LogP contribution in [0.15, 0.2) is 42.5 Å². The number of anilines is 1. The van der Waals surface area contributed by atoms with Gasteiger partial charge < -0.3 is 14.8 Å². The standard InChI is InChI=1S/C19H20N2O6/c1-3-14-8-6-7-13(2)19(14)20-17(22)11-27-18(23)12-26-16-10-5-4-9-15(16)21(24)25/h4-10H,3,11-12H2,1-2H3,(H,20,22). The van der Waals surface area contributed by atoms with Crippen molar-refractivity contribution in [3.63, 3.8) is 0 Å². The Morgan fingerprint density at radius 3 is 2.56 bits per heavy atom. The van der Waals surface area contributed by atoms with Crippen molar-refractivity contribution in [3.8, 4) is 5.75 Å². The first-order valence-corrected chi connectivity index (χ1v) is 8.32. The first kappa shape index (κ1) is 19.9. The van der Waals surface area contributed by atoms with E-state index in [-0.39, 0.29) is 11.4 Å². The van der Waals surface area contributed by atoms with Gasteiger partial charge in [0.2, 0.25) is 0 Å². The van der Waals surface area contributed by atoms with E-state index in [0.29, 0.717) is 5.69 Å². The molecule has 0 heterocycles. The molecule has 0 aromatic heterocycles. The SMILES string of the molecule is CCc1cccc(C)c1NC(=O)COC(=O)COc1ccccc1[N+](=O)[O-]. The zero-order valence-electron chi connectivity index (χ0n) is 15.1. The van der Waals surface area contributed by atoms with Crippen LogP contribution in [0.5, 0.6) is 5.75 Å². The maximum atomic E-state index is 12.0. The van der Waals surface area contributed by atoms with Gasteiger partial charge in [0.15, 0.2) is 19.0 Å². The van der Waals surface area contributed by atoms with Gasteiger partial charge in [0.1, 0.15) is 0 Å².